The summed E-state index contributed by atoms with van der Waals surface area (Å²) in [6.07, 6.45) is -1.67. The maximum Gasteiger partial charge on any atom is 0.519 e. The van der Waals surface area contributed by atoms with E-state index >= 15 is 0 Å². The molecule has 6 aromatic rings. The molecule has 0 aliphatic rings. The first-order valence-corrected chi connectivity index (χ1v) is 18.3. The Bertz CT molecular complexity index is 2140. The van der Waals surface area contributed by atoms with E-state index < -0.39 is 12.3 Å². The second-order valence-electron chi connectivity index (χ2n) is 14.6. The topological polar surface area (TPSA) is 89.5 Å². The molecule has 0 aromatic heterocycles. The molecule has 286 valence electrons. The molecule has 6 aromatic carbocycles. The number of methoxy groups -OCH3 is 2. The molecule has 0 atom stereocenters. The zero-order valence-electron chi connectivity index (χ0n) is 33.0. The predicted molar refractivity (Wildman–Crippen MR) is 218 cm³/mol. The summed E-state index contributed by atoms with van der Waals surface area (Å²) in [6, 6.07) is 41.8. The summed E-state index contributed by atoms with van der Waals surface area (Å²) in [5.41, 5.74) is 7.14. The van der Waals surface area contributed by atoms with Crippen molar-refractivity contribution < 1.29 is 38.0 Å². The summed E-state index contributed by atoms with van der Waals surface area (Å²) in [4.78, 5) is 25.5. The van der Waals surface area contributed by atoms with Crippen molar-refractivity contribution in [2.24, 2.45) is 0 Å². The van der Waals surface area contributed by atoms with Crippen LogP contribution < -0.4 is 28.4 Å². The van der Waals surface area contributed by atoms with Gasteiger partial charge in [0.15, 0.2) is 0 Å². The summed E-state index contributed by atoms with van der Waals surface area (Å²) in [5, 5.41) is 0. The quantitative estimate of drug-likeness (QED) is 0.0955. The van der Waals surface area contributed by atoms with Crippen molar-refractivity contribution in [2.45, 2.75) is 52.4 Å². The summed E-state index contributed by atoms with van der Waals surface area (Å²) in [5.74, 6) is 3.13. The highest BCUT2D eigenvalue weighted by atomic mass is 16.7. The smallest absolute Gasteiger partial charge is 0.497 e. The summed E-state index contributed by atoms with van der Waals surface area (Å²) in [7, 11) is 3.30. The third-order valence-electron chi connectivity index (χ3n) is 10.2. The molecular weight excluding hydrogens is 705 g/mol. The van der Waals surface area contributed by atoms with E-state index in [4.69, 9.17) is 28.4 Å². The molecule has 0 aliphatic heterocycles. The molecule has 0 saturated heterocycles. The van der Waals surface area contributed by atoms with Crippen molar-refractivity contribution in [3.8, 4) is 45.6 Å². The van der Waals surface area contributed by atoms with Crippen molar-refractivity contribution >= 4 is 12.3 Å². The lowest BCUT2D eigenvalue weighted by atomic mass is 9.78. The predicted octanol–water partition coefficient (Wildman–Crippen LogP) is 11.8. The summed E-state index contributed by atoms with van der Waals surface area (Å²) in [6.45, 7) is 12.3. The fourth-order valence-electron chi connectivity index (χ4n) is 6.53. The maximum atomic E-state index is 12.8. The van der Waals surface area contributed by atoms with Crippen LogP contribution in [-0.2, 0) is 10.8 Å². The van der Waals surface area contributed by atoms with Gasteiger partial charge in [-0.05, 0) is 131 Å². The Labute approximate surface area is 328 Å². The molecule has 0 aliphatic carbocycles. The Morgan fingerprint density at radius 1 is 0.393 bits per heavy atom. The number of benzene rings is 6. The lowest BCUT2D eigenvalue weighted by Crippen LogP contribution is -2.19. The monoisotopic (exact) mass is 750 g/mol. The lowest BCUT2D eigenvalue weighted by molar-refractivity contribution is 0.150. The average molecular weight is 751 g/mol. The zero-order valence-corrected chi connectivity index (χ0v) is 33.0. The van der Waals surface area contributed by atoms with Crippen LogP contribution in [0, 0.1) is 13.8 Å². The number of aryl methyl sites for hydroxylation is 2. The van der Waals surface area contributed by atoms with E-state index in [1.807, 2.05) is 111 Å². The van der Waals surface area contributed by atoms with Gasteiger partial charge < -0.3 is 28.4 Å². The van der Waals surface area contributed by atoms with Crippen LogP contribution in [0.1, 0.15) is 61.1 Å². The Hall–Kier alpha value is -6.54. The van der Waals surface area contributed by atoms with Gasteiger partial charge in [0, 0.05) is 10.8 Å². The molecule has 0 amide bonds. The largest absolute Gasteiger partial charge is 0.519 e. The molecule has 0 spiro atoms. The standard InChI is InChI=1S/C48H46O8/c1-31-29-33(9-27-43(31)55-45(49)53-41-23-15-37(16-24-41)47(3,4)35-11-19-39(51-7)20-12-35)34-10-28-44(32(2)30-34)56-46(50)54-42-25-17-38(18-26-42)48(5,6)36-13-21-40(52-8)22-14-36/h9-30H,1-8H3. The number of carbonyl (C=O) groups excluding carboxylic acids is 2. The van der Waals surface area contributed by atoms with Crippen LogP contribution in [0.25, 0.3) is 11.1 Å². The average Bonchev–Trinajstić information content (AvgIpc) is 3.20. The van der Waals surface area contributed by atoms with Crippen molar-refractivity contribution in [3.63, 3.8) is 0 Å². The van der Waals surface area contributed by atoms with Crippen molar-refractivity contribution in [1.29, 1.82) is 0 Å². The van der Waals surface area contributed by atoms with Crippen LogP contribution in [0.4, 0.5) is 9.59 Å². The van der Waals surface area contributed by atoms with Crippen LogP contribution in [0.15, 0.2) is 133 Å². The minimum Gasteiger partial charge on any atom is -0.497 e. The molecule has 6 rings (SSSR count). The minimum absolute atomic E-state index is 0.270. The van der Waals surface area contributed by atoms with Crippen LogP contribution in [-0.4, -0.2) is 26.5 Å². The molecule has 0 bridgehead atoms. The fourth-order valence-corrected chi connectivity index (χ4v) is 6.53. The number of hydrogen-bond donors (Lipinski definition) is 0. The van der Waals surface area contributed by atoms with Crippen molar-refractivity contribution in [3.05, 3.63) is 167 Å². The summed E-state index contributed by atoms with van der Waals surface area (Å²) >= 11 is 0. The molecule has 0 N–H and O–H groups in total. The van der Waals surface area contributed by atoms with Gasteiger partial charge >= 0.3 is 12.3 Å². The Morgan fingerprint density at radius 2 is 0.679 bits per heavy atom. The number of hydrogen-bond acceptors (Lipinski definition) is 8. The first-order chi connectivity index (χ1) is 26.8. The Balaban J connectivity index is 1.03. The van der Waals surface area contributed by atoms with Gasteiger partial charge in [0.25, 0.3) is 0 Å². The van der Waals surface area contributed by atoms with Gasteiger partial charge in [-0.2, -0.15) is 0 Å². The molecule has 0 unspecified atom stereocenters. The van der Waals surface area contributed by atoms with Gasteiger partial charge in [0.05, 0.1) is 14.2 Å². The Morgan fingerprint density at radius 3 is 0.946 bits per heavy atom. The fraction of sp³-hybridized carbons (Fsp3) is 0.208. The van der Waals surface area contributed by atoms with E-state index in [1.54, 1.807) is 50.6 Å². The molecule has 0 fully saturated rings. The van der Waals surface area contributed by atoms with Crippen LogP contribution >= 0.6 is 0 Å². The molecule has 8 heteroatoms. The van der Waals surface area contributed by atoms with E-state index in [0.717, 1.165) is 56.0 Å². The van der Waals surface area contributed by atoms with E-state index in [2.05, 4.69) is 27.7 Å². The normalized spacial score (nSPS) is 11.4. The highest BCUT2D eigenvalue weighted by Gasteiger charge is 2.25. The highest BCUT2D eigenvalue weighted by Crippen LogP contribution is 2.36. The van der Waals surface area contributed by atoms with Gasteiger partial charge in [-0.25, -0.2) is 9.59 Å². The van der Waals surface area contributed by atoms with E-state index in [9.17, 15) is 9.59 Å². The SMILES string of the molecule is COc1ccc(C(C)(C)c2ccc(OC(=O)Oc3ccc(-c4ccc(OC(=O)Oc5ccc(C(C)(C)c6ccc(OC)cc6)cc5)c(C)c4)cc3C)cc2)cc1. The first kappa shape index (κ1) is 39.2. The second kappa shape index (κ2) is 16.4. The van der Waals surface area contributed by atoms with Crippen LogP contribution in [0.2, 0.25) is 0 Å². The van der Waals surface area contributed by atoms with Gasteiger partial charge in [-0.3, -0.25) is 0 Å². The maximum absolute atomic E-state index is 12.8. The third-order valence-corrected chi connectivity index (χ3v) is 10.2. The van der Waals surface area contributed by atoms with Gasteiger partial charge in [-0.15, -0.1) is 0 Å². The molecule has 0 heterocycles. The van der Waals surface area contributed by atoms with Gasteiger partial charge in [0.1, 0.15) is 34.5 Å². The van der Waals surface area contributed by atoms with E-state index in [-0.39, 0.29) is 10.8 Å². The lowest BCUT2D eigenvalue weighted by Gasteiger charge is -2.26. The molecule has 56 heavy (non-hydrogen) atoms. The minimum atomic E-state index is -0.833. The van der Waals surface area contributed by atoms with Crippen molar-refractivity contribution in [2.75, 3.05) is 14.2 Å². The first-order valence-electron chi connectivity index (χ1n) is 18.3. The molecule has 0 saturated carbocycles. The van der Waals surface area contributed by atoms with Crippen LogP contribution in [0.5, 0.6) is 34.5 Å². The van der Waals surface area contributed by atoms with Gasteiger partial charge in [-0.1, -0.05) is 88.4 Å². The van der Waals surface area contributed by atoms with Gasteiger partial charge in [0.2, 0.25) is 0 Å². The third kappa shape index (κ3) is 8.87. The highest BCUT2D eigenvalue weighted by molar-refractivity contribution is 5.72. The molecule has 8 nitrogen and oxygen atoms in total. The molecule has 0 radical (unpaired) electrons. The number of rotatable bonds is 11. The molecular formula is C48H46O8. The summed E-state index contributed by atoms with van der Waals surface area (Å²) < 4.78 is 32.7. The van der Waals surface area contributed by atoms with E-state index in [1.165, 1.54) is 0 Å². The zero-order chi connectivity index (χ0) is 40.0. The van der Waals surface area contributed by atoms with Crippen molar-refractivity contribution in [1.82, 2.24) is 0 Å². The van der Waals surface area contributed by atoms with E-state index in [0.29, 0.717) is 23.0 Å². The second-order valence-corrected chi connectivity index (χ2v) is 14.6. The Kier molecular flexibility index (Phi) is 11.5. The van der Waals surface area contributed by atoms with Crippen LogP contribution in [0.3, 0.4) is 0 Å². The number of carbonyl (C=O) groups is 2. The number of ether oxygens (including phenoxy) is 6.